The summed E-state index contributed by atoms with van der Waals surface area (Å²) < 4.78 is 0. The van der Waals surface area contributed by atoms with Crippen LogP contribution in [0.4, 0.5) is 5.69 Å². The zero-order valence-corrected chi connectivity index (χ0v) is 12.5. The first-order valence-corrected chi connectivity index (χ1v) is 6.94. The molecule has 0 unspecified atom stereocenters. The summed E-state index contributed by atoms with van der Waals surface area (Å²) in [4.78, 5) is 34.1. The summed E-state index contributed by atoms with van der Waals surface area (Å²) in [6.07, 6.45) is 0. The Morgan fingerprint density at radius 1 is 1.00 bits per heavy atom. The van der Waals surface area contributed by atoms with Crippen molar-refractivity contribution >= 4 is 23.5 Å². The molecule has 118 valence electrons. The van der Waals surface area contributed by atoms with E-state index in [2.05, 4.69) is 10.6 Å². The molecule has 0 aliphatic rings. The van der Waals surface area contributed by atoms with Gasteiger partial charge in [0.1, 0.15) is 0 Å². The van der Waals surface area contributed by atoms with Crippen molar-refractivity contribution in [3.63, 3.8) is 0 Å². The Bertz CT molecular complexity index is 756. The van der Waals surface area contributed by atoms with E-state index in [-0.39, 0.29) is 23.9 Å². The summed E-state index contributed by atoms with van der Waals surface area (Å²) in [5, 5.41) is 14.3. The number of carbonyl (C=O) groups excluding carboxylic acids is 2. The molecule has 0 aliphatic heterocycles. The predicted molar refractivity (Wildman–Crippen MR) is 85.3 cm³/mol. The van der Waals surface area contributed by atoms with Gasteiger partial charge in [-0.2, -0.15) is 0 Å². The van der Waals surface area contributed by atoms with Gasteiger partial charge in [0.25, 0.3) is 5.91 Å². The van der Waals surface area contributed by atoms with Crippen LogP contribution in [0.3, 0.4) is 0 Å². The summed E-state index contributed by atoms with van der Waals surface area (Å²) in [5.74, 6) is -1.54. The predicted octanol–water partition coefficient (Wildman–Crippen LogP) is 2.27. The van der Waals surface area contributed by atoms with Crippen LogP contribution in [-0.2, 0) is 11.3 Å². The molecule has 2 rings (SSSR count). The maximum absolute atomic E-state index is 12.1. The Morgan fingerprint density at radius 2 is 1.70 bits per heavy atom. The maximum atomic E-state index is 12.1. The van der Waals surface area contributed by atoms with Crippen LogP contribution in [0.15, 0.2) is 48.5 Å². The van der Waals surface area contributed by atoms with Crippen molar-refractivity contribution < 1.29 is 19.5 Å². The van der Waals surface area contributed by atoms with Crippen molar-refractivity contribution in [1.82, 2.24) is 5.32 Å². The number of rotatable bonds is 5. The van der Waals surface area contributed by atoms with Crippen molar-refractivity contribution in [1.29, 1.82) is 0 Å². The van der Waals surface area contributed by atoms with Gasteiger partial charge in [0.15, 0.2) is 0 Å². The molecule has 2 amide bonds. The molecule has 3 N–H and O–H groups in total. The van der Waals surface area contributed by atoms with Gasteiger partial charge in [0.05, 0.1) is 5.56 Å². The maximum Gasteiger partial charge on any atom is 0.335 e. The van der Waals surface area contributed by atoms with E-state index < -0.39 is 5.97 Å². The Hall–Kier alpha value is -3.15. The molecule has 6 heteroatoms. The largest absolute Gasteiger partial charge is 0.478 e. The summed E-state index contributed by atoms with van der Waals surface area (Å²) in [7, 11) is 0. The molecule has 6 nitrogen and oxygen atoms in total. The zero-order chi connectivity index (χ0) is 16.8. The summed E-state index contributed by atoms with van der Waals surface area (Å²) >= 11 is 0. The van der Waals surface area contributed by atoms with Crippen molar-refractivity contribution in [2.24, 2.45) is 0 Å². The summed E-state index contributed by atoms with van der Waals surface area (Å²) in [5.41, 5.74) is 1.81. The minimum Gasteiger partial charge on any atom is -0.478 e. The number of benzene rings is 2. The third kappa shape index (κ3) is 4.67. The number of carboxylic acid groups (broad SMARTS) is 1. The van der Waals surface area contributed by atoms with E-state index in [0.717, 1.165) is 0 Å². The highest BCUT2D eigenvalue weighted by atomic mass is 16.4. The quantitative estimate of drug-likeness (QED) is 0.789. The van der Waals surface area contributed by atoms with Gasteiger partial charge in [0, 0.05) is 24.7 Å². The van der Waals surface area contributed by atoms with Crippen LogP contribution in [0.5, 0.6) is 0 Å². The van der Waals surface area contributed by atoms with E-state index in [1.54, 1.807) is 36.4 Å². The molecule has 0 heterocycles. The molecule has 0 fully saturated rings. The number of carboxylic acids is 1. The van der Waals surface area contributed by atoms with E-state index in [0.29, 0.717) is 16.8 Å². The van der Waals surface area contributed by atoms with E-state index in [9.17, 15) is 14.4 Å². The van der Waals surface area contributed by atoms with Crippen LogP contribution in [0, 0.1) is 0 Å². The molecule has 2 aromatic rings. The average molecular weight is 312 g/mol. The van der Waals surface area contributed by atoms with Crippen molar-refractivity contribution in [3.8, 4) is 0 Å². The number of hydrogen-bond acceptors (Lipinski definition) is 3. The molecule has 0 aliphatic carbocycles. The highest BCUT2D eigenvalue weighted by molar-refractivity contribution is 5.96. The highest BCUT2D eigenvalue weighted by Gasteiger charge is 2.08. The molecule has 0 saturated heterocycles. The number of hydrogen-bond donors (Lipinski definition) is 3. The third-order valence-corrected chi connectivity index (χ3v) is 3.07. The molecule has 0 radical (unpaired) electrons. The smallest absolute Gasteiger partial charge is 0.335 e. The Balaban J connectivity index is 2.03. The average Bonchev–Trinajstić information content (AvgIpc) is 2.52. The van der Waals surface area contributed by atoms with Crippen LogP contribution >= 0.6 is 0 Å². The second-order valence-electron chi connectivity index (χ2n) is 4.95. The topological polar surface area (TPSA) is 95.5 Å². The standard InChI is InChI=1S/C17H16N2O4/c1-11(20)19-15-7-3-5-13(9-15)16(21)18-10-12-4-2-6-14(8-12)17(22)23/h2-9H,10H2,1H3,(H,18,21)(H,19,20)(H,22,23). The second kappa shape index (κ2) is 7.22. The second-order valence-corrected chi connectivity index (χ2v) is 4.95. The van der Waals surface area contributed by atoms with Gasteiger partial charge in [-0.3, -0.25) is 9.59 Å². The van der Waals surface area contributed by atoms with Crippen LogP contribution in [0.2, 0.25) is 0 Å². The van der Waals surface area contributed by atoms with Crippen LogP contribution in [0.1, 0.15) is 33.2 Å². The van der Waals surface area contributed by atoms with Gasteiger partial charge in [-0.15, -0.1) is 0 Å². The number of aromatic carboxylic acids is 1. The lowest BCUT2D eigenvalue weighted by Gasteiger charge is -2.08. The molecular weight excluding hydrogens is 296 g/mol. The van der Waals surface area contributed by atoms with E-state index >= 15 is 0 Å². The Kier molecular flexibility index (Phi) is 5.09. The first-order chi connectivity index (χ1) is 11.0. The van der Waals surface area contributed by atoms with Gasteiger partial charge in [-0.1, -0.05) is 18.2 Å². The molecule has 0 spiro atoms. The lowest BCUT2D eigenvalue weighted by Crippen LogP contribution is -2.23. The minimum atomic E-state index is -1.01. The lowest BCUT2D eigenvalue weighted by molar-refractivity contribution is -0.114. The molecule has 23 heavy (non-hydrogen) atoms. The first kappa shape index (κ1) is 16.2. The fraction of sp³-hybridized carbons (Fsp3) is 0.118. The van der Waals surface area contributed by atoms with Gasteiger partial charge in [-0.05, 0) is 35.9 Å². The van der Waals surface area contributed by atoms with Gasteiger partial charge < -0.3 is 15.7 Å². The monoisotopic (exact) mass is 312 g/mol. The van der Waals surface area contributed by atoms with Crippen LogP contribution < -0.4 is 10.6 Å². The van der Waals surface area contributed by atoms with Crippen molar-refractivity contribution in [2.75, 3.05) is 5.32 Å². The van der Waals surface area contributed by atoms with Gasteiger partial charge in [0.2, 0.25) is 5.91 Å². The highest BCUT2D eigenvalue weighted by Crippen LogP contribution is 2.11. The molecule has 0 aromatic heterocycles. The van der Waals surface area contributed by atoms with Gasteiger partial charge >= 0.3 is 5.97 Å². The van der Waals surface area contributed by atoms with Crippen LogP contribution in [0.25, 0.3) is 0 Å². The summed E-state index contributed by atoms with van der Waals surface area (Å²) in [6, 6.07) is 12.9. The van der Waals surface area contributed by atoms with Gasteiger partial charge in [-0.25, -0.2) is 4.79 Å². The Morgan fingerprint density at radius 3 is 2.39 bits per heavy atom. The fourth-order valence-electron chi connectivity index (χ4n) is 2.04. The zero-order valence-electron chi connectivity index (χ0n) is 12.5. The first-order valence-electron chi connectivity index (χ1n) is 6.94. The minimum absolute atomic E-state index is 0.171. The molecule has 0 atom stereocenters. The van der Waals surface area contributed by atoms with Crippen molar-refractivity contribution in [2.45, 2.75) is 13.5 Å². The lowest BCUT2D eigenvalue weighted by atomic mass is 10.1. The SMILES string of the molecule is CC(=O)Nc1cccc(C(=O)NCc2cccc(C(=O)O)c2)c1. The molecule has 2 aromatic carbocycles. The number of nitrogens with one attached hydrogen (secondary N) is 2. The molecule has 0 saturated carbocycles. The molecule has 0 bridgehead atoms. The van der Waals surface area contributed by atoms with E-state index in [1.807, 2.05) is 0 Å². The number of carbonyl (C=O) groups is 3. The van der Waals surface area contributed by atoms with Crippen LogP contribution in [-0.4, -0.2) is 22.9 Å². The number of amides is 2. The number of anilines is 1. The van der Waals surface area contributed by atoms with E-state index in [1.165, 1.54) is 19.1 Å². The third-order valence-electron chi connectivity index (χ3n) is 3.07. The normalized spacial score (nSPS) is 9.96. The summed E-state index contributed by atoms with van der Waals surface area (Å²) in [6.45, 7) is 1.60. The molecular formula is C17H16N2O4. The fourth-order valence-corrected chi connectivity index (χ4v) is 2.04. The Labute approximate surface area is 133 Å². The van der Waals surface area contributed by atoms with Crippen molar-refractivity contribution in [3.05, 3.63) is 65.2 Å². The van der Waals surface area contributed by atoms with E-state index in [4.69, 9.17) is 5.11 Å².